The number of esters is 4. The highest BCUT2D eigenvalue weighted by Crippen LogP contribution is 2.24. The summed E-state index contributed by atoms with van der Waals surface area (Å²) in [7, 11) is 2.31. The van der Waals surface area contributed by atoms with Gasteiger partial charge >= 0.3 is 23.9 Å². The van der Waals surface area contributed by atoms with Crippen molar-refractivity contribution >= 4 is 23.9 Å². The molecule has 0 aliphatic carbocycles. The fourth-order valence-electron chi connectivity index (χ4n) is 2.13. The highest BCUT2D eigenvalue weighted by molar-refractivity contribution is 6.05. The van der Waals surface area contributed by atoms with Gasteiger partial charge in [-0.05, 0) is 31.5 Å². The van der Waals surface area contributed by atoms with Crippen LogP contribution in [0.2, 0.25) is 0 Å². The van der Waals surface area contributed by atoms with Crippen molar-refractivity contribution in [2.75, 3.05) is 27.4 Å². The van der Waals surface area contributed by atoms with E-state index < -0.39 is 29.8 Å². The van der Waals surface area contributed by atoms with Crippen LogP contribution in [-0.4, -0.2) is 51.3 Å². The minimum absolute atomic E-state index is 0.0513. The molecule has 0 saturated heterocycles. The number of carbonyl (C=O) groups excluding carboxylic acids is 4. The van der Waals surface area contributed by atoms with Crippen molar-refractivity contribution < 1.29 is 38.1 Å². The van der Waals surface area contributed by atoms with Gasteiger partial charge in [0.1, 0.15) is 0 Å². The molecule has 1 rings (SSSR count). The predicted octanol–water partition coefficient (Wildman–Crippen LogP) is 1.47. The molecule has 0 aromatic heterocycles. The van der Waals surface area contributed by atoms with E-state index in [4.69, 9.17) is 9.47 Å². The van der Waals surface area contributed by atoms with E-state index >= 15 is 0 Å². The van der Waals surface area contributed by atoms with Gasteiger partial charge in [-0.2, -0.15) is 0 Å². The van der Waals surface area contributed by atoms with Crippen LogP contribution in [0.1, 0.15) is 46.0 Å². The normalized spacial score (nSPS) is 10.1. The maximum absolute atomic E-state index is 12.2. The fraction of sp³-hybridized carbons (Fsp3) is 0.412. The first-order valence-electron chi connectivity index (χ1n) is 7.55. The molecule has 136 valence electrons. The molecule has 0 spiro atoms. The van der Waals surface area contributed by atoms with Crippen LogP contribution in [0.5, 0.6) is 0 Å². The summed E-state index contributed by atoms with van der Waals surface area (Å²) >= 11 is 0. The lowest BCUT2D eigenvalue weighted by Gasteiger charge is -2.16. The van der Waals surface area contributed by atoms with E-state index in [1.54, 1.807) is 13.8 Å². The van der Waals surface area contributed by atoms with Gasteiger partial charge in [-0.25, -0.2) is 9.59 Å². The summed E-state index contributed by atoms with van der Waals surface area (Å²) in [5.41, 5.74) is -0.0417. The summed E-state index contributed by atoms with van der Waals surface area (Å²) in [6.45, 7) is 3.33. The average molecular weight is 352 g/mol. The standard InChI is InChI=1S/C17H20O8/c1-5-24-16(20)13(17(21)25-6-2)10-7-8-11(14(18)22-3)12(9-10)15(19)23-4/h7-9,13H,5-6H2,1-4H3. The van der Waals surface area contributed by atoms with Crippen LogP contribution in [0.25, 0.3) is 0 Å². The third-order valence-corrected chi connectivity index (χ3v) is 3.23. The fourth-order valence-corrected chi connectivity index (χ4v) is 2.13. The van der Waals surface area contributed by atoms with Crippen LogP contribution in [0.4, 0.5) is 0 Å². The molecule has 1 aromatic carbocycles. The van der Waals surface area contributed by atoms with Crippen LogP contribution in [-0.2, 0) is 28.5 Å². The number of hydrogen-bond acceptors (Lipinski definition) is 8. The Bertz CT molecular complexity index is 647. The zero-order valence-electron chi connectivity index (χ0n) is 14.5. The van der Waals surface area contributed by atoms with Crippen LogP contribution < -0.4 is 0 Å². The molecule has 0 N–H and O–H groups in total. The molecule has 0 fully saturated rings. The van der Waals surface area contributed by atoms with Gasteiger partial charge in [0.25, 0.3) is 0 Å². The lowest BCUT2D eigenvalue weighted by molar-refractivity contribution is -0.156. The summed E-state index contributed by atoms with van der Waals surface area (Å²) in [6.07, 6.45) is 0. The van der Waals surface area contributed by atoms with Crippen molar-refractivity contribution in [2.24, 2.45) is 0 Å². The average Bonchev–Trinajstić information content (AvgIpc) is 2.61. The molecular weight excluding hydrogens is 332 g/mol. The molecule has 0 radical (unpaired) electrons. The molecule has 8 heteroatoms. The molecule has 0 bridgehead atoms. The Morgan fingerprint density at radius 3 is 1.76 bits per heavy atom. The smallest absolute Gasteiger partial charge is 0.338 e. The van der Waals surface area contributed by atoms with E-state index in [1.807, 2.05) is 0 Å². The van der Waals surface area contributed by atoms with E-state index in [2.05, 4.69) is 9.47 Å². The van der Waals surface area contributed by atoms with Crippen LogP contribution >= 0.6 is 0 Å². The second kappa shape index (κ2) is 9.41. The van der Waals surface area contributed by atoms with E-state index in [0.717, 1.165) is 14.2 Å². The number of benzene rings is 1. The second-order valence-corrected chi connectivity index (χ2v) is 4.73. The third kappa shape index (κ3) is 4.79. The third-order valence-electron chi connectivity index (χ3n) is 3.23. The lowest BCUT2D eigenvalue weighted by atomic mass is 9.94. The molecule has 1 aromatic rings. The molecule has 0 unspecified atom stereocenters. The van der Waals surface area contributed by atoms with E-state index in [0.29, 0.717) is 0 Å². The zero-order valence-corrected chi connectivity index (χ0v) is 14.5. The summed E-state index contributed by atoms with van der Waals surface area (Å²) < 4.78 is 19.1. The lowest BCUT2D eigenvalue weighted by Crippen LogP contribution is -2.27. The van der Waals surface area contributed by atoms with Gasteiger partial charge in [0.05, 0.1) is 38.6 Å². The first-order valence-corrected chi connectivity index (χ1v) is 7.55. The first-order chi connectivity index (χ1) is 11.9. The summed E-state index contributed by atoms with van der Waals surface area (Å²) in [6, 6.07) is 3.85. The van der Waals surface area contributed by atoms with Crippen molar-refractivity contribution in [2.45, 2.75) is 19.8 Å². The minimum Gasteiger partial charge on any atom is -0.465 e. The number of carbonyl (C=O) groups is 4. The Balaban J connectivity index is 3.44. The predicted molar refractivity (Wildman–Crippen MR) is 85.1 cm³/mol. The van der Waals surface area contributed by atoms with Crippen LogP contribution in [0, 0.1) is 0 Å². The second-order valence-electron chi connectivity index (χ2n) is 4.73. The van der Waals surface area contributed by atoms with E-state index in [-0.39, 0.29) is 29.9 Å². The van der Waals surface area contributed by atoms with Gasteiger partial charge in [0.2, 0.25) is 0 Å². The molecular formula is C17H20O8. The maximum atomic E-state index is 12.2. The molecule has 0 atom stereocenters. The van der Waals surface area contributed by atoms with Crippen molar-refractivity contribution in [1.82, 2.24) is 0 Å². The molecule has 0 heterocycles. The summed E-state index contributed by atoms with van der Waals surface area (Å²) in [5.74, 6) is -4.58. The number of methoxy groups -OCH3 is 2. The minimum atomic E-state index is -1.38. The Morgan fingerprint density at radius 1 is 0.840 bits per heavy atom. The van der Waals surface area contributed by atoms with E-state index in [9.17, 15) is 19.2 Å². The van der Waals surface area contributed by atoms with Gasteiger partial charge < -0.3 is 18.9 Å². The van der Waals surface area contributed by atoms with Crippen molar-refractivity contribution in [3.63, 3.8) is 0 Å². The van der Waals surface area contributed by atoms with Crippen molar-refractivity contribution in [3.05, 3.63) is 34.9 Å². The quantitative estimate of drug-likeness (QED) is 0.413. The SMILES string of the molecule is CCOC(=O)C(C(=O)OCC)c1ccc(C(=O)OC)c(C(=O)OC)c1. The van der Waals surface area contributed by atoms with E-state index in [1.165, 1.54) is 18.2 Å². The summed E-state index contributed by atoms with van der Waals surface area (Å²) in [4.78, 5) is 48.1. The van der Waals surface area contributed by atoms with Crippen LogP contribution in [0.15, 0.2) is 18.2 Å². The Labute approximate surface area is 145 Å². The first kappa shape index (κ1) is 20.1. The largest absolute Gasteiger partial charge is 0.465 e. The van der Waals surface area contributed by atoms with Gasteiger partial charge in [0, 0.05) is 0 Å². The molecule has 0 aliphatic heterocycles. The summed E-state index contributed by atoms with van der Waals surface area (Å²) in [5, 5.41) is 0. The topological polar surface area (TPSA) is 105 Å². The zero-order chi connectivity index (χ0) is 19.0. The number of rotatable bonds is 7. The van der Waals surface area contributed by atoms with Gasteiger partial charge in [0.15, 0.2) is 5.92 Å². The van der Waals surface area contributed by atoms with Crippen molar-refractivity contribution in [3.8, 4) is 0 Å². The number of hydrogen-bond donors (Lipinski definition) is 0. The Morgan fingerprint density at radius 2 is 1.32 bits per heavy atom. The van der Waals surface area contributed by atoms with Crippen LogP contribution in [0.3, 0.4) is 0 Å². The van der Waals surface area contributed by atoms with Gasteiger partial charge in [-0.15, -0.1) is 0 Å². The van der Waals surface area contributed by atoms with Gasteiger partial charge in [-0.3, -0.25) is 9.59 Å². The highest BCUT2D eigenvalue weighted by atomic mass is 16.6. The Hall–Kier alpha value is -2.90. The maximum Gasteiger partial charge on any atom is 0.338 e. The highest BCUT2D eigenvalue weighted by Gasteiger charge is 2.33. The molecule has 0 aliphatic rings. The molecule has 25 heavy (non-hydrogen) atoms. The van der Waals surface area contributed by atoms with Crippen molar-refractivity contribution in [1.29, 1.82) is 0 Å². The number of ether oxygens (including phenoxy) is 4. The molecule has 0 saturated carbocycles. The Kier molecular flexibility index (Phi) is 7.58. The monoisotopic (exact) mass is 352 g/mol. The van der Waals surface area contributed by atoms with Gasteiger partial charge in [-0.1, -0.05) is 6.07 Å². The molecule has 0 amide bonds. The molecule has 8 nitrogen and oxygen atoms in total.